The number of aliphatic hydroxyl groups is 1. The summed E-state index contributed by atoms with van der Waals surface area (Å²) in [4.78, 5) is 14.8. The molecule has 0 saturated carbocycles. The number of hydrogen-bond acceptors (Lipinski definition) is 5. The van der Waals surface area contributed by atoms with Gasteiger partial charge in [0.15, 0.2) is 0 Å². The Balaban J connectivity index is 1.91. The molecule has 0 aliphatic rings. The van der Waals surface area contributed by atoms with Gasteiger partial charge in [-0.3, -0.25) is 9.10 Å². The highest BCUT2D eigenvalue weighted by molar-refractivity contribution is 7.93. The third kappa shape index (κ3) is 8.02. The fourth-order valence-electron chi connectivity index (χ4n) is 4.20. The van der Waals surface area contributed by atoms with Crippen LogP contribution in [0, 0.1) is 11.6 Å². The number of carbonyl (C=O) groups excluding carboxylic acids is 1. The van der Waals surface area contributed by atoms with E-state index in [0.29, 0.717) is 18.1 Å². The molecular weight excluding hydrogens is 569 g/mol. The molecular formula is C28H30F5N3O4S. The van der Waals surface area contributed by atoms with Gasteiger partial charge >= 0.3 is 15.5 Å². The number of nitrogens with two attached hydrogens (primary N) is 1. The first-order valence-corrected chi connectivity index (χ1v) is 14.0. The van der Waals surface area contributed by atoms with Gasteiger partial charge in [-0.1, -0.05) is 37.3 Å². The molecule has 0 aromatic heterocycles. The molecule has 0 unspecified atom stereocenters. The second-order valence-electron chi connectivity index (χ2n) is 9.54. The average Bonchev–Trinajstić information content (AvgIpc) is 2.90. The highest BCUT2D eigenvalue weighted by atomic mass is 32.2. The molecule has 13 heteroatoms. The number of aliphatic hydroxyl groups excluding tert-OH is 1. The standard InChI is InChI=1S/C28H30F5N3O4S/c1-3-18-6-4-7-19(10-18)16-36(17-26(37)25(34)13-20-11-22(29)15-23(30)12-20)27(38)21-8-5-9-24(14-21)35(2)41(39,40)28(31,32)33/h4-12,14-15,25-26,37H,3,13,16-17,34H2,1-2H3/t25-,26+/m0/s1. The van der Waals surface area contributed by atoms with Gasteiger partial charge in [-0.25, -0.2) is 8.78 Å². The predicted molar refractivity (Wildman–Crippen MR) is 144 cm³/mol. The van der Waals surface area contributed by atoms with Gasteiger partial charge in [0.25, 0.3) is 5.91 Å². The second kappa shape index (κ2) is 13.0. The van der Waals surface area contributed by atoms with Crippen LogP contribution >= 0.6 is 0 Å². The van der Waals surface area contributed by atoms with E-state index in [9.17, 15) is 40.3 Å². The molecule has 0 heterocycles. The highest BCUT2D eigenvalue weighted by Crippen LogP contribution is 2.30. The van der Waals surface area contributed by atoms with E-state index in [1.54, 1.807) is 12.1 Å². The number of sulfonamides is 1. The van der Waals surface area contributed by atoms with Crippen molar-refractivity contribution in [3.8, 4) is 0 Å². The maximum Gasteiger partial charge on any atom is 0.516 e. The van der Waals surface area contributed by atoms with Crippen LogP contribution < -0.4 is 10.0 Å². The molecule has 7 nitrogen and oxygen atoms in total. The normalized spacial score (nSPS) is 13.5. The number of nitrogens with zero attached hydrogens (tertiary/aromatic N) is 2. The molecule has 3 rings (SSSR count). The number of amides is 1. The van der Waals surface area contributed by atoms with E-state index in [-0.39, 0.29) is 34.9 Å². The molecule has 0 spiro atoms. The van der Waals surface area contributed by atoms with Gasteiger partial charge in [0.05, 0.1) is 11.8 Å². The first-order valence-electron chi connectivity index (χ1n) is 12.5. The molecule has 3 N–H and O–H groups in total. The third-order valence-corrected chi connectivity index (χ3v) is 7.98. The number of hydrogen-bond donors (Lipinski definition) is 2. The quantitative estimate of drug-likeness (QED) is 0.319. The van der Waals surface area contributed by atoms with Crippen LogP contribution in [-0.4, -0.2) is 55.6 Å². The number of aryl methyl sites for hydroxylation is 1. The number of rotatable bonds is 11. The number of anilines is 1. The molecule has 0 radical (unpaired) electrons. The molecule has 0 fully saturated rings. The van der Waals surface area contributed by atoms with E-state index in [0.717, 1.165) is 36.9 Å². The lowest BCUT2D eigenvalue weighted by atomic mass is 10.0. The molecule has 2 atom stereocenters. The van der Waals surface area contributed by atoms with Crippen molar-refractivity contribution in [3.63, 3.8) is 0 Å². The fourth-order valence-corrected chi connectivity index (χ4v) is 4.90. The largest absolute Gasteiger partial charge is 0.516 e. The lowest BCUT2D eigenvalue weighted by molar-refractivity contribution is -0.0437. The molecule has 0 aliphatic carbocycles. The van der Waals surface area contributed by atoms with Crippen molar-refractivity contribution in [1.82, 2.24) is 4.90 Å². The van der Waals surface area contributed by atoms with Gasteiger partial charge in [0, 0.05) is 37.8 Å². The Morgan fingerprint density at radius 3 is 2.17 bits per heavy atom. The molecule has 0 aliphatic heterocycles. The summed E-state index contributed by atoms with van der Waals surface area (Å²) < 4.78 is 90.3. The van der Waals surface area contributed by atoms with Crippen molar-refractivity contribution in [2.45, 2.75) is 44.0 Å². The number of alkyl halides is 3. The topological polar surface area (TPSA) is 104 Å². The van der Waals surface area contributed by atoms with Gasteiger partial charge in [-0.15, -0.1) is 0 Å². The first-order chi connectivity index (χ1) is 19.1. The van der Waals surface area contributed by atoms with Crippen LogP contribution in [0.2, 0.25) is 0 Å². The van der Waals surface area contributed by atoms with Gasteiger partial charge in [-0.2, -0.15) is 21.6 Å². The van der Waals surface area contributed by atoms with Gasteiger partial charge < -0.3 is 15.7 Å². The Kier molecular flexibility index (Phi) is 10.1. The molecule has 3 aromatic carbocycles. The Morgan fingerprint density at radius 2 is 1.56 bits per heavy atom. The minimum atomic E-state index is -5.72. The molecule has 222 valence electrons. The Bertz CT molecular complexity index is 1460. The van der Waals surface area contributed by atoms with Crippen molar-refractivity contribution in [2.24, 2.45) is 5.73 Å². The van der Waals surface area contributed by atoms with Crippen LogP contribution in [0.25, 0.3) is 0 Å². The van der Waals surface area contributed by atoms with Gasteiger partial charge in [-0.05, 0) is 59.9 Å². The minimum absolute atomic E-state index is 0.0219. The highest BCUT2D eigenvalue weighted by Gasteiger charge is 2.49. The number of carbonyl (C=O) groups is 1. The van der Waals surface area contributed by atoms with Crippen molar-refractivity contribution in [2.75, 3.05) is 17.9 Å². The van der Waals surface area contributed by atoms with Crippen molar-refractivity contribution in [1.29, 1.82) is 0 Å². The molecule has 3 aromatic rings. The summed E-state index contributed by atoms with van der Waals surface area (Å²) >= 11 is 0. The van der Waals surface area contributed by atoms with Crippen LogP contribution in [0.1, 0.15) is 34.0 Å². The predicted octanol–water partition coefficient (Wildman–Crippen LogP) is 4.39. The summed E-state index contributed by atoms with van der Waals surface area (Å²) in [7, 11) is -5.00. The van der Waals surface area contributed by atoms with Crippen LogP contribution in [0.3, 0.4) is 0 Å². The SMILES string of the molecule is CCc1cccc(CN(C[C@@H](O)[C@@H](N)Cc2cc(F)cc(F)c2)C(=O)c2cccc(N(C)S(=O)(=O)C(F)(F)F)c2)c1. The van der Waals surface area contributed by atoms with Crippen LogP contribution in [0.4, 0.5) is 27.6 Å². The molecule has 41 heavy (non-hydrogen) atoms. The molecule has 0 saturated heterocycles. The Hall–Kier alpha value is -3.55. The smallest absolute Gasteiger partial charge is 0.390 e. The van der Waals surface area contributed by atoms with E-state index in [2.05, 4.69) is 0 Å². The van der Waals surface area contributed by atoms with E-state index >= 15 is 0 Å². The Morgan fingerprint density at radius 1 is 0.951 bits per heavy atom. The van der Waals surface area contributed by atoms with E-state index < -0.39 is 50.9 Å². The summed E-state index contributed by atoms with van der Waals surface area (Å²) in [6, 6.07) is 13.7. The third-order valence-electron chi connectivity index (χ3n) is 6.47. The van der Waals surface area contributed by atoms with E-state index in [4.69, 9.17) is 5.73 Å². The zero-order chi connectivity index (χ0) is 30.5. The summed E-state index contributed by atoms with van der Waals surface area (Å²) in [6.45, 7) is 1.58. The van der Waals surface area contributed by atoms with Crippen LogP contribution in [0.5, 0.6) is 0 Å². The maximum absolute atomic E-state index is 13.6. The first kappa shape index (κ1) is 32.0. The Labute approximate surface area is 235 Å². The number of benzene rings is 3. The van der Waals surface area contributed by atoms with Crippen molar-refractivity contribution < 1.29 is 40.3 Å². The summed E-state index contributed by atoms with van der Waals surface area (Å²) in [6.07, 6.45) is -0.767. The maximum atomic E-state index is 13.6. The van der Waals surface area contributed by atoms with E-state index in [1.807, 2.05) is 19.1 Å². The summed E-state index contributed by atoms with van der Waals surface area (Å²) in [5.41, 5.74) is 1.90. The van der Waals surface area contributed by atoms with Gasteiger partial charge in [0.1, 0.15) is 11.6 Å². The summed E-state index contributed by atoms with van der Waals surface area (Å²) in [5, 5.41) is 10.9. The van der Waals surface area contributed by atoms with Gasteiger partial charge in [0.2, 0.25) is 0 Å². The lowest BCUT2D eigenvalue weighted by Crippen LogP contribution is -2.46. The lowest BCUT2D eigenvalue weighted by Gasteiger charge is -2.29. The second-order valence-corrected chi connectivity index (χ2v) is 11.5. The monoisotopic (exact) mass is 599 g/mol. The molecule has 1 amide bonds. The van der Waals surface area contributed by atoms with Crippen molar-refractivity contribution >= 4 is 21.6 Å². The van der Waals surface area contributed by atoms with Crippen LogP contribution in [0.15, 0.2) is 66.7 Å². The fraction of sp³-hybridized carbons (Fsp3) is 0.321. The zero-order valence-electron chi connectivity index (χ0n) is 22.3. The summed E-state index contributed by atoms with van der Waals surface area (Å²) in [5.74, 6) is -2.34. The van der Waals surface area contributed by atoms with E-state index in [1.165, 1.54) is 17.0 Å². The zero-order valence-corrected chi connectivity index (χ0v) is 23.1. The average molecular weight is 600 g/mol. The van der Waals surface area contributed by atoms with Crippen molar-refractivity contribution in [3.05, 3.63) is 101 Å². The minimum Gasteiger partial charge on any atom is -0.390 e. The van der Waals surface area contributed by atoms with Crippen LogP contribution in [-0.2, 0) is 29.4 Å². The molecule has 0 bridgehead atoms. The number of halogens is 5.